The Morgan fingerprint density at radius 1 is 1.27 bits per heavy atom. The van der Waals surface area contributed by atoms with Crippen LogP contribution >= 0.6 is 0 Å². The van der Waals surface area contributed by atoms with Gasteiger partial charge in [-0.15, -0.1) is 0 Å². The first kappa shape index (κ1) is 20.1. The highest BCUT2D eigenvalue weighted by atomic mass is 16.5. The Hall–Kier alpha value is -3.19. The van der Waals surface area contributed by atoms with Crippen LogP contribution in [0.5, 0.6) is 5.75 Å². The topological polar surface area (TPSA) is 89.0 Å². The van der Waals surface area contributed by atoms with Gasteiger partial charge in [0.05, 0.1) is 30.9 Å². The van der Waals surface area contributed by atoms with Gasteiger partial charge in [0.25, 0.3) is 11.7 Å². The molecule has 1 amide bonds. The summed E-state index contributed by atoms with van der Waals surface area (Å²) in [4.78, 5) is 31.3. The van der Waals surface area contributed by atoms with Crippen molar-refractivity contribution in [3.05, 3.63) is 65.0 Å². The van der Waals surface area contributed by atoms with Gasteiger partial charge in [0.15, 0.2) is 0 Å². The largest absolute Gasteiger partial charge is 0.507 e. The molecule has 4 rings (SSSR count). The van der Waals surface area contributed by atoms with E-state index in [9.17, 15) is 14.7 Å². The highest BCUT2D eigenvalue weighted by Crippen LogP contribution is 2.39. The van der Waals surface area contributed by atoms with Gasteiger partial charge in [0.2, 0.25) is 0 Å². The number of aliphatic hydroxyl groups is 1. The molecule has 156 valence electrons. The molecule has 0 radical (unpaired) electrons. The second kappa shape index (κ2) is 8.28. The Bertz CT molecular complexity index is 1000. The molecule has 7 nitrogen and oxygen atoms in total. The van der Waals surface area contributed by atoms with Gasteiger partial charge in [-0.25, -0.2) is 0 Å². The van der Waals surface area contributed by atoms with Crippen LogP contribution in [0, 0.1) is 0 Å². The summed E-state index contributed by atoms with van der Waals surface area (Å²) >= 11 is 0. The van der Waals surface area contributed by atoms with Gasteiger partial charge in [-0.1, -0.05) is 0 Å². The average molecular weight is 408 g/mol. The van der Waals surface area contributed by atoms with E-state index in [-0.39, 0.29) is 24.0 Å². The lowest BCUT2D eigenvalue weighted by Gasteiger charge is -2.25. The number of hydrogen-bond donors (Lipinski definition) is 1. The molecular formula is C23H24N2O5. The van der Waals surface area contributed by atoms with Crippen LogP contribution in [0.25, 0.3) is 5.76 Å². The van der Waals surface area contributed by atoms with Crippen molar-refractivity contribution in [3.8, 4) is 5.75 Å². The number of Topliss-reactive ketones (excluding diaryl/α,β-unsaturated/α-hetero) is 1. The van der Waals surface area contributed by atoms with Crippen LogP contribution in [-0.2, 0) is 20.7 Å². The molecule has 1 aromatic carbocycles. The molecule has 0 bridgehead atoms. The number of fused-ring (bicyclic) bond motifs is 1. The van der Waals surface area contributed by atoms with Crippen LogP contribution < -0.4 is 4.74 Å². The van der Waals surface area contributed by atoms with Crippen molar-refractivity contribution in [1.82, 2.24) is 9.88 Å². The van der Waals surface area contributed by atoms with Crippen molar-refractivity contribution < 1.29 is 24.2 Å². The van der Waals surface area contributed by atoms with Crippen molar-refractivity contribution in [3.63, 3.8) is 0 Å². The molecule has 1 fully saturated rings. The number of likely N-dealkylation sites (tertiary alicyclic amines) is 1. The van der Waals surface area contributed by atoms with E-state index in [0.717, 1.165) is 17.7 Å². The Kier molecular flexibility index (Phi) is 5.55. The number of pyridine rings is 1. The quantitative estimate of drug-likeness (QED) is 0.449. The number of rotatable bonds is 6. The summed E-state index contributed by atoms with van der Waals surface area (Å²) in [6, 6.07) is 8.10. The Balaban J connectivity index is 1.77. The molecule has 0 spiro atoms. The molecule has 1 unspecified atom stereocenters. The fraction of sp³-hybridized carbons (Fsp3) is 0.348. The van der Waals surface area contributed by atoms with E-state index < -0.39 is 17.7 Å². The lowest BCUT2D eigenvalue weighted by Crippen LogP contribution is -2.33. The predicted molar refractivity (Wildman–Crippen MR) is 110 cm³/mol. The zero-order valence-corrected chi connectivity index (χ0v) is 17.0. The highest BCUT2D eigenvalue weighted by Gasteiger charge is 2.46. The SMILES string of the molecule is CC(C)OCCN1C(=O)C(=O)/C(=C(\O)c2ccc3c(c2)CCO3)C1c1ccncc1. The summed E-state index contributed by atoms with van der Waals surface area (Å²) in [6.07, 6.45) is 3.96. The lowest BCUT2D eigenvalue weighted by atomic mass is 9.95. The maximum atomic E-state index is 13.0. The lowest BCUT2D eigenvalue weighted by molar-refractivity contribution is -0.140. The van der Waals surface area contributed by atoms with Gasteiger partial charge in [-0.3, -0.25) is 14.6 Å². The molecule has 0 saturated carbocycles. The van der Waals surface area contributed by atoms with Crippen molar-refractivity contribution in [2.75, 3.05) is 19.8 Å². The van der Waals surface area contributed by atoms with Crippen LogP contribution in [0.3, 0.4) is 0 Å². The monoisotopic (exact) mass is 408 g/mol. The van der Waals surface area contributed by atoms with E-state index in [2.05, 4.69) is 4.98 Å². The zero-order chi connectivity index (χ0) is 21.3. The number of carbonyl (C=O) groups excluding carboxylic acids is 2. The van der Waals surface area contributed by atoms with E-state index in [1.54, 1.807) is 36.7 Å². The van der Waals surface area contributed by atoms with Crippen molar-refractivity contribution in [2.45, 2.75) is 32.4 Å². The summed E-state index contributed by atoms with van der Waals surface area (Å²) < 4.78 is 11.1. The maximum Gasteiger partial charge on any atom is 0.295 e. The molecule has 0 aliphatic carbocycles. The van der Waals surface area contributed by atoms with Gasteiger partial charge < -0.3 is 19.5 Å². The Labute approximate surface area is 174 Å². The number of hydrogen-bond acceptors (Lipinski definition) is 6. The smallest absolute Gasteiger partial charge is 0.295 e. The third-order valence-electron chi connectivity index (χ3n) is 5.31. The normalized spacial score (nSPS) is 20.0. The number of carbonyl (C=O) groups is 2. The number of ether oxygens (including phenoxy) is 2. The second-order valence-corrected chi connectivity index (χ2v) is 7.61. The van der Waals surface area contributed by atoms with Crippen LogP contribution in [0.15, 0.2) is 48.3 Å². The summed E-state index contributed by atoms with van der Waals surface area (Å²) in [7, 11) is 0. The highest BCUT2D eigenvalue weighted by molar-refractivity contribution is 6.46. The van der Waals surface area contributed by atoms with Crippen LogP contribution in [0.4, 0.5) is 0 Å². The molecule has 7 heteroatoms. The molecule has 2 aromatic rings. The molecule has 2 aliphatic heterocycles. The Morgan fingerprint density at radius 2 is 2.03 bits per heavy atom. The van der Waals surface area contributed by atoms with E-state index in [0.29, 0.717) is 24.3 Å². The number of nitrogens with zero attached hydrogens (tertiary/aromatic N) is 2. The van der Waals surface area contributed by atoms with Crippen molar-refractivity contribution in [2.24, 2.45) is 0 Å². The molecule has 1 saturated heterocycles. The van der Waals surface area contributed by atoms with Gasteiger partial charge in [0.1, 0.15) is 11.5 Å². The number of amides is 1. The molecule has 30 heavy (non-hydrogen) atoms. The first-order valence-corrected chi connectivity index (χ1v) is 10.0. The standard InChI is InChI=1S/C23H24N2O5/c1-14(2)29-12-10-25-20(15-5-8-24-9-6-15)19(22(27)23(25)28)21(26)17-3-4-18-16(13-17)7-11-30-18/h3-6,8-9,13-14,20,26H,7,10-12H2,1-2H3/b21-19-. The predicted octanol–water partition coefficient (Wildman–Crippen LogP) is 2.86. The summed E-state index contributed by atoms with van der Waals surface area (Å²) in [5.74, 6) is -0.744. The number of benzene rings is 1. The van der Waals surface area contributed by atoms with Crippen molar-refractivity contribution in [1.29, 1.82) is 0 Å². The fourth-order valence-electron chi connectivity index (χ4n) is 3.88. The third-order valence-corrected chi connectivity index (χ3v) is 5.31. The molecule has 3 heterocycles. The summed E-state index contributed by atoms with van der Waals surface area (Å²) in [5.41, 5.74) is 2.25. The van der Waals surface area contributed by atoms with Gasteiger partial charge in [-0.05, 0) is 55.3 Å². The molecule has 2 aliphatic rings. The first-order valence-electron chi connectivity index (χ1n) is 10.0. The van der Waals surface area contributed by atoms with Gasteiger partial charge >= 0.3 is 0 Å². The fourth-order valence-corrected chi connectivity index (χ4v) is 3.88. The minimum absolute atomic E-state index is 0.00910. The third kappa shape index (κ3) is 3.68. The first-order chi connectivity index (χ1) is 14.5. The summed E-state index contributed by atoms with van der Waals surface area (Å²) in [6.45, 7) is 4.95. The van der Waals surface area contributed by atoms with E-state index >= 15 is 0 Å². The molecule has 1 N–H and O–H groups in total. The maximum absolute atomic E-state index is 13.0. The number of aromatic nitrogens is 1. The second-order valence-electron chi connectivity index (χ2n) is 7.61. The minimum Gasteiger partial charge on any atom is -0.507 e. The van der Waals surface area contributed by atoms with E-state index in [4.69, 9.17) is 9.47 Å². The van der Waals surface area contributed by atoms with Crippen LogP contribution in [0.1, 0.15) is 36.6 Å². The van der Waals surface area contributed by atoms with Crippen LogP contribution in [-0.4, -0.2) is 52.5 Å². The zero-order valence-electron chi connectivity index (χ0n) is 17.0. The van der Waals surface area contributed by atoms with Gasteiger partial charge in [-0.2, -0.15) is 0 Å². The van der Waals surface area contributed by atoms with E-state index in [1.165, 1.54) is 4.90 Å². The molecule has 1 aromatic heterocycles. The summed E-state index contributed by atoms with van der Waals surface area (Å²) in [5, 5.41) is 11.1. The number of ketones is 1. The van der Waals surface area contributed by atoms with Gasteiger partial charge in [0, 0.05) is 30.9 Å². The average Bonchev–Trinajstić information content (AvgIpc) is 3.31. The molecular weight excluding hydrogens is 384 g/mol. The number of aliphatic hydroxyl groups excluding tert-OH is 1. The minimum atomic E-state index is -0.701. The van der Waals surface area contributed by atoms with Crippen molar-refractivity contribution >= 4 is 17.4 Å². The molecule has 1 atom stereocenters. The Morgan fingerprint density at radius 3 is 2.77 bits per heavy atom. The van der Waals surface area contributed by atoms with Crippen LogP contribution in [0.2, 0.25) is 0 Å². The van der Waals surface area contributed by atoms with E-state index in [1.807, 2.05) is 19.9 Å².